The molecule has 0 spiro atoms. The second-order valence-corrected chi connectivity index (χ2v) is 5.75. The number of nitrogens with zero attached hydrogens (tertiary/aromatic N) is 1. The molecular formula is C12H22N2. The second kappa shape index (κ2) is 3.21. The maximum absolute atomic E-state index is 5.92. The lowest BCUT2D eigenvalue weighted by Gasteiger charge is -2.33. The first-order valence-electron chi connectivity index (χ1n) is 6.26. The molecular weight excluding hydrogens is 172 g/mol. The van der Waals surface area contributed by atoms with E-state index in [0.29, 0.717) is 6.04 Å². The zero-order chi connectivity index (χ0) is 9.60. The normalized spacial score (nSPS) is 33.2. The lowest BCUT2D eigenvalue weighted by Crippen LogP contribution is -2.42. The number of hydrogen-bond donors (Lipinski definition) is 1. The van der Waals surface area contributed by atoms with Gasteiger partial charge in [-0.1, -0.05) is 0 Å². The van der Waals surface area contributed by atoms with Crippen LogP contribution in [0.25, 0.3) is 0 Å². The molecule has 2 aliphatic carbocycles. The first-order valence-corrected chi connectivity index (χ1v) is 6.26. The van der Waals surface area contributed by atoms with Crippen molar-refractivity contribution >= 4 is 0 Å². The zero-order valence-electron chi connectivity index (χ0n) is 9.04. The van der Waals surface area contributed by atoms with Crippen molar-refractivity contribution in [3.63, 3.8) is 0 Å². The Morgan fingerprint density at radius 3 is 2.21 bits per heavy atom. The summed E-state index contributed by atoms with van der Waals surface area (Å²) in [7, 11) is 0. The van der Waals surface area contributed by atoms with Crippen LogP contribution >= 0.6 is 0 Å². The van der Waals surface area contributed by atoms with Gasteiger partial charge in [-0.2, -0.15) is 0 Å². The molecule has 0 radical (unpaired) electrons. The topological polar surface area (TPSA) is 29.3 Å². The third-order valence-electron chi connectivity index (χ3n) is 4.51. The Balaban J connectivity index is 1.52. The van der Waals surface area contributed by atoms with Crippen molar-refractivity contribution in [2.45, 2.75) is 44.6 Å². The molecule has 0 amide bonds. The summed E-state index contributed by atoms with van der Waals surface area (Å²) in [5.74, 6) is 1.11. The highest BCUT2D eigenvalue weighted by atomic mass is 15.1. The van der Waals surface area contributed by atoms with Gasteiger partial charge in [0.1, 0.15) is 0 Å². The minimum Gasteiger partial charge on any atom is -0.328 e. The van der Waals surface area contributed by atoms with Gasteiger partial charge in [-0.15, -0.1) is 0 Å². The van der Waals surface area contributed by atoms with Crippen LogP contribution in [0.15, 0.2) is 0 Å². The Hall–Kier alpha value is -0.0800. The smallest absolute Gasteiger partial charge is 0.00631 e. The zero-order valence-corrected chi connectivity index (χ0v) is 9.04. The minimum atomic E-state index is 0.488. The maximum atomic E-state index is 5.92. The molecule has 1 saturated heterocycles. The Morgan fingerprint density at radius 2 is 1.71 bits per heavy atom. The van der Waals surface area contributed by atoms with Gasteiger partial charge in [-0.05, 0) is 62.9 Å². The van der Waals surface area contributed by atoms with Crippen LogP contribution in [0.3, 0.4) is 0 Å². The second-order valence-electron chi connectivity index (χ2n) is 5.75. The van der Waals surface area contributed by atoms with Gasteiger partial charge >= 0.3 is 0 Å². The van der Waals surface area contributed by atoms with Gasteiger partial charge in [0.05, 0.1) is 0 Å². The molecule has 1 heterocycles. The first-order chi connectivity index (χ1) is 6.78. The lowest BCUT2D eigenvalue weighted by molar-refractivity contribution is 0.165. The third kappa shape index (κ3) is 1.70. The Morgan fingerprint density at radius 1 is 1.07 bits per heavy atom. The van der Waals surface area contributed by atoms with E-state index in [1.165, 1.54) is 58.2 Å². The highest BCUT2D eigenvalue weighted by molar-refractivity contribution is 5.05. The van der Waals surface area contributed by atoms with E-state index in [-0.39, 0.29) is 0 Å². The molecule has 0 unspecified atom stereocenters. The van der Waals surface area contributed by atoms with E-state index in [0.717, 1.165) is 11.3 Å². The predicted octanol–water partition coefficient (Wildman–Crippen LogP) is 1.60. The molecule has 14 heavy (non-hydrogen) atoms. The van der Waals surface area contributed by atoms with Gasteiger partial charge in [0.25, 0.3) is 0 Å². The lowest BCUT2D eigenvalue weighted by atomic mass is 9.97. The van der Waals surface area contributed by atoms with Crippen molar-refractivity contribution in [3.05, 3.63) is 0 Å². The molecule has 0 aromatic rings. The van der Waals surface area contributed by atoms with Crippen LogP contribution < -0.4 is 5.73 Å². The number of rotatable bonds is 3. The van der Waals surface area contributed by atoms with Crippen LogP contribution in [0.4, 0.5) is 0 Å². The van der Waals surface area contributed by atoms with Gasteiger partial charge in [0.2, 0.25) is 0 Å². The van der Waals surface area contributed by atoms with Crippen LogP contribution in [0.5, 0.6) is 0 Å². The highest BCUT2D eigenvalue weighted by Crippen LogP contribution is 2.61. The fraction of sp³-hybridized carbons (Fsp3) is 1.00. The number of likely N-dealkylation sites (tertiary alicyclic amines) is 1. The summed E-state index contributed by atoms with van der Waals surface area (Å²) >= 11 is 0. The first kappa shape index (κ1) is 9.17. The molecule has 0 atom stereocenters. The van der Waals surface area contributed by atoms with Crippen molar-refractivity contribution in [1.29, 1.82) is 0 Å². The van der Waals surface area contributed by atoms with Crippen LogP contribution in [0, 0.1) is 11.3 Å². The van der Waals surface area contributed by atoms with Crippen LogP contribution in [0.2, 0.25) is 0 Å². The number of piperidine rings is 1. The summed E-state index contributed by atoms with van der Waals surface area (Å²) in [6.45, 7) is 3.91. The molecule has 2 N–H and O–H groups in total. The van der Waals surface area contributed by atoms with E-state index in [1.54, 1.807) is 0 Å². The van der Waals surface area contributed by atoms with E-state index in [9.17, 15) is 0 Å². The highest BCUT2D eigenvalue weighted by Gasteiger charge is 2.54. The van der Waals surface area contributed by atoms with E-state index < -0.39 is 0 Å². The van der Waals surface area contributed by atoms with Gasteiger partial charge in [0.15, 0.2) is 0 Å². The summed E-state index contributed by atoms with van der Waals surface area (Å²) in [6, 6.07) is 0.488. The molecule has 3 fully saturated rings. The van der Waals surface area contributed by atoms with Gasteiger partial charge in [-0.3, -0.25) is 0 Å². The fourth-order valence-corrected chi connectivity index (χ4v) is 3.11. The molecule has 0 aromatic carbocycles. The molecule has 2 saturated carbocycles. The van der Waals surface area contributed by atoms with Gasteiger partial charge in [0, 0.05) is 12.6 Å². The van der Waals surface area contributed by atoms with Crippen molar-refractivity contribution in [3.8, 4) is 0 Å². The van der Waals surface area contributed by atoms with Crippen LogP contribution in [-0.2, 0) is 0 Å². The minimum absolute atomic E-state index is 0.488. The largest absolute Gasteiger partial charge is 0.328 e. The van der Waals surface area contributed by atoms with E-state index >= 15 is 0 Å². The third-order valence-corrected chi connectivity index (χ3v) is 4.51. The summed E-state index contributed by atoms with van der Waals surface area (Å²) < 4.78 is 0. The molecule has 3 rings (SSSR count). The Kier molecular flexibility index (Phi) is 2.10. The van der Waals surface area contributed by atoms with Crippen molar-refractivity contribution in [2.24, 2.45) is 17.1 Å². The summed E-state index contributed by atoms with van der Waals surface area (Å²) in [5.41, 5.74) is 6.71. The van der Waals surface area contributed by atoms with Crippen LogP contribution in [-0.4, -0.2) is 30.6 Å². The standard InChI is InChI=1S/C12H22N2/c13-11-3-7-14(8-4-11)9-12(5-6-12)10-1-2-10/h10-11H,1-9,13H2. The Labute approximate surface area is 86.8 Å². The molecule has 2 heteroatoms. The summed E-state index contributed by atoms with van der Waals surface area (Å²) in [4.78, 5) is 2.68. The molecule has 0 bridgehead atoms. The van der Waals surface area contributed by atoms with E-state index in [4.69, 9.17) is 5.73 Å². The maximum Gasteiger partial charge on any atom is 0.00631 e. The van der Waals surface area contributed by atoms with Gasteiger partial charge < -0.3 is 10.6 Å². The summed E-state index contributed by atoms with van der Waals surface area (Å²) in [6.07, 6.45) is 8.52. The van der Waals surface area contributed by atoms with Crippen molar-refractivity contribution in [2.75, 3.05) is 19.6 Å². The molecule has 80 valence electrons. The Bertz CT molecular complexity index is 210. The summed E-state index contributed by atoms with van der Waals surface area (Å²) in [5, 5.41) is 0. The van der Waals surface area contributed by atoms with E-state index in [2.05, 4.69) is 4.90 Å². The molecule has 3 aliphatic rings. The van der Waals surface area contributed by atoms with Crippen LogP contribution in [0.1, 0.15) is 38.5 Å². The predicted molar refractivity (Wildman–Crippen MR) is 58.0 cm³/mol. The number of nitrogens with two attached hydrogens (primary N) is 1. The van der Waals surface area contributed by atoms with Gasteiger partial charge in [-0.25, -0.2) is 0 Å². The average Bonchev–Trinajstić information content (AvgIpc) is 3.00. The fourth-order valence-electron chi connectivity index (χ4n) is 3.11. The molecule has 2 nitrogen and oxygen atoms in total. The molecule has 0 aromatic heterocycles. The quantitative estimate of drug-likeness (QED) is 0.739. The SMILES string of the molecule is NC1CCN(CC2(C3CC3)CC2)CC1. The average molecular weight is 194 g/mol. The van der Waals surface area contributed by atoms with Crippen molar-refractivity contribution in [1.82, 2.24) is 4.90 Å². The molecule has 1 aliphatic heterocycles. The van der Waals surface area contributed by atoms with Crippen molar-refractivity contribution < 1.29 is 0 Å². The monoisotopic (exact) mass is 194 g/mol. The number of hydrogen-bond acceptors (Lipinski definition) is 2. The van der Waals surface area contributed by atoms with E-state index in [1.807, 2.05) is 0 Å².